The number of fused-ring (bicyclic) bond motifs is 1. The molecule has 3 fully saturated rings. The summed E-state index contributed by atoms with van der Waals surface area (Å²) in [4.78, 5) is 5.27. The number of H-pyrrole nitrogens is 1. The fraction of sp³-hybridized carbons (Fsp3) is 0.824. The van der Waals surface area contributed by atoms with Crippen LogP contribution in [0.2, 0.25) is 0 Å². The molecule has 3 aliphatic rings. The third-order valence-corrected chi connectivity index (χ3v) is 5.87. The minimum absolute atomic E-state index is 0.892. The molecule has 3 heterocycles. The Balaban J connectivity index is 1.36. The third-order valence-electron chi connectivity index (χ3n) is 5.87. The summed E-state index contributed by atoms with van der Waals surface area (Å²) in [5, 5.41) is 7.19. The molecule has 0 bridgehead atoms. The van der Waals surface area contributed by atoms with Crippen molar-refractivity contribution in [3.8, 4) is 0 Å². The largest absolute Gasteiger partial charge is 0.379 e. The number of likely N-dealkylation sites (tertiary alicyclic amines) is 1. The van der Waals surface area contributed by atoms with Crippen molar-refractivity contribution in [1.29, 1.82) is 0 Å². The molecule has 5 heteroatoms. The molecular formula is C17H28N4O. The van der Waals surface area contributed by atoms with E-state index in [9.17, 15) is 0 Å². The zero-order valence-electron chi connectivity index (χ0n) is 13.4. The summed E-state index contributed by atoms with van der Waals surface area (Å²) in [5.41, 5.74) is 1.25. The van der Waals surface area contributed by atoms with Crippen LogP contribution < -0.4 is 0 Å². The molecule has 5 nitrogen and oxygen atoms in total. The van der Waals surface area contributed by atoms with Crippen LogP contribution in [0.15, 0.2) is 12.3 Å². The number of hydrogen-bond donors (Lipinski definition) is 1. The lowest BCUT2D eigenvalue weighted by atomic mass is 9.73. The number of hydrogen-bond acceptors (Lipinski definition) is 4. The molecule has 1 aromatic heterocycles. The van der Waals surface area contributed by atoms with Crippen molar-refractivity contribution < 1.29 is 4.74 Å². The number of aromatic amines is 1. The summed E-state index contributed by atoms with van der Waals surface area (Å²) < 4.78 is 5.49. The lowest BCUT2D eigenvalue weighted by molar-refractivity contribution is 0.0192. The predicted molar refractivity (Wildman–Crippen MR) is 85.4 cm³/mol. The van der Waals surface area contributed by atoms with Crippen LogP contribution in [0.3, 0.4) is 0 Å². The van der Waals surface area contributed by atoms with Crippen molar-refractivity contribution in [2.75, 3.05) is 45.9 Å². The first-order valence-electron chi connectivity index (χ1n) is 8.89. The first kappa shape index (κ1) is 14.7. The molecule has 0 spiro atoms. The van der Waals surface area contributed by atoms with E-state index in [1.807, 2.05) is 6.20 Å². The van der Waals surface area contributed by atoms with E-state index in [1.165, 1.54) is 44.6 Å². The zero-order valence-corrected chi connectivity index (χ0v) is 13.4. The molecule has 1 saturated carbocycles. The van der Waals surface area contributed by atoms with Gasteiger partial charge in [-0.1, -0.05) is 6.42 Å². The SMILES string of the molecule is c1cc(CN2C[C@@H]3CCC[C@H](CN4CCOCC4)[C@@H]3C2)[nH]n1. The van der Waals surface area contributed by atoms with E-state index < -0.39 is 0 Å². The second-order valence-corrected chi connectivity index (χ2v) is 7.30. The summed E-state index contributed by atoms with van der Waals surface area (Å²) in [7, 11) is 0. The number of aromatic nitrogens is 2. The molecule has 1 aromatic rings. The Morgan fingerprint density at radius 1 is 1.18 bits per heavy atom. The maximum absolute atomic E-state index is 5.49. The Labute approximate surface area is 133 Å². The maximum Gasteiger partial charge on any atom is 0.0594 e. The summed E-state index contributed by atoms with van der Waals surface area (Å²) in [6, 6.07) is 2.10. The van der Waals surface area contributed by atoms with Gasteiger partial charge in [-0.2, -0.15) is 5.10 Å². The summed E-state index contributed by atoms with van der Waals surface area (Å²) in [6.45, 7) is 9.00. The lowest BCUT2D eigenvalue weighted by Crippen LogP contribution is -2.43. The van der Waals surface area contributed by atoms with Crippen molar-refractivity contribution in [3.05, 3.63) is 18.0 Å². The molecule has 3 atom stereocenters. The molecule has 2 aliphatic heterocycles. The Morgan fingerprint density at radius 2 is 2.09 bits per heavy atom. The summed E-state index contributed by atoms with van der Waals surface area (Å²) >= 11 is 0. The van der Waals surface area contributed by atoms with E-state index in [1.54, 1.807) is 0 Å². The van der Waals surface area contributed by atoms with Crippen LogP contribution in [-0.4, -0.2) is 65.9 Å². The van der Waals surface area contributed by atoms with Gasteiger partial charge in [0.15, 0.2) is 0 Å². The van der Waals surface area contributed by atoms with Crippen molar-refractivity contribution in [1.82, 2.24) is 20.0 Å². The van der Waals surface area contributed by atoms with Crippen LogP contribution in [0.1, 0.15) is 25.0 Å². The number of rotatable bonds is 4. The van der Waals surface area contributed by atoms with Gasteiger partial charge in [0.2, 0.25) is 0 Å². The highest BCUT2D eigenvalue weighted by Gasteiger charge is 2.40. The lowest BCUT2D eigenvalue weighted by Gasteiger charge is -2.37. The molecule has 0 aromatic carbocycles. The normalized spacial score (nSPS) is 33.9. The Bertz CT molecular complexity index is 457. The van der Waals surface area contributed by atoms with Crippen LogP contribution in [0.4, 0.5) is 0 Å². The quantitative estimate of drug-likeness (QED) is 0.917. The van der Waals surface area contributed by atoms with Gasteiger partial charge in [-0.3, -0.25) is 14.9 Å². The minimum atomic E-state index is 0.892. The van der Waals surface area contributed by atoms with Crippen LogP contribution in [0, 0.1) is 17.8 Å². The predicted octanol–water partition coefficient (Wildman–Crippen LogP) is 1.59. The second kappa shape index (κ2) is 6.69. The van der Waals surface area contributed by atoms with Gasteiger partial charge in [0.25, 0.3) is 0 Å². The van der Waals surface area contributed by atoms with Gasteiger partial charge in [-0.05, 0) is 36.7 Å². The van der Waals surface area contributed by atoms with Gasteiger partial charge in [-0.15, -0.1) is 0 Å². The van der Waals surface area contributed by atoms with Gasteiger partial charge >= 0.3 is 0 Å². The van der Waals surface area contributed by atoms with Crippen molar-refractivity contribution in [3.63, 3.8) is 0 Å². The van der Waals surface area contributed by atoms with Gasteiger partial charge in [0, 0.05) is 51.2 Å². The highest BCUT2D eigenvalue weighted by molar-refractivity contribution is 5.00. The first-order valence-corrected chi connectivity index (χ1v) is 8.89. The molecule has 2 saturated heterocycles. The molecule has 0 radical (unpaired) electrons. The molecule has 22 heavy (non-hydrogen) atoms. The Morgan fingerprint density at radius 3 is 2.91 bits per heavy atom. The first-order chi connectivity index (χ1) is 10.9. The second-order valence-electron chi connectivity index (χ2n) is 7.30. The van der Waals surface area contributed by atoms with Gasteiger partial charge < -0.3 is 4.74 Å². The van der Waals surface area contributed by atoms with Gasteiger partial charge in [0.05, 0.1) is 13.2 Å². The number of nitrogens with one attached hydrogen (secondary N) is 1. The molecule has 122 valence electrons. The van der Waals surface area contributed by atoms with Crippen LogP contribution in [-0.2, 0) is 11.3 Å². The van der Waals surface area contributed by atoms with Crippen molar-refractivity contribution >= 4 is 0 Å². The van der Waals surface area contributed by atoms with Crippen LogP contribution >= 0.6 is 0 Å². The topological polar surface area (TPSA) is 44.4 Å². The zero-order chi connectivity index (χ0) is 14.8. The molecular weight excluding hydrogens is 276 g/mol. The minimum Gasteiger partial charge on any atom is -0.379 e. The van der Waals surface area contributed by atoms with E-state index in [0.29, 0.717) is 0 Å². The number of nitrogens with zero attached hydrogens (tertiary/aromatic N) is 3. The summed E-state index contributed by atoms with van der Waals surface area (Å²) in [5.74, 6) is 2.71. The maximum atomic E-state index is 5.49. The molecule has 1 N–H and O–H groups in total. The van der Waals surface area contributed by atoms with Gasteiger partial charge in [0.1, 0.15) is 0 Å². The Hall–Kier alpha value is -0.910. The van der Waals surface area contributed by atoms with Crippen molar-refractivity contribution in [2.45, 2.75) is 25.8 Å². The average molecular weight is 304 g/mol. The van der Waals surface area contributed by atoms with Crippen LogP contribution in [0.5, 0.6) is 0 Å². The van der Waals surface area contributed by atoms with Crippen LogP contribution in [0.25, 0.3) is 0 Å². The van der Waals surface area contributed by atoms with E-state index in [2.05, 4.69) is 26.1 Å². The highest BCUT2D eigenvalue weighted by Crippen LogP contribution is 2.40. The molecule has 1 aliphatic carbocycles. The standard InChI is InChI=1S/C17H28N4O/c1-2-14(10-20-6-8-22-9-7-20)17-13-21(11-15(17)3-1)12-16-4-5-18-19-16/h4-5,14-15,17H,1-3,6-13H2,(H,18,19)/t14-,15+,17+/m1/s1. The fourth-order valence-electron chi connectivity index (χ4n) is 4.77. The fourth-order valence-corrected chi connectivity index (χ4v) is 4.77. The smallest absolute Gasteiger partial charge is 0.0594 e. The van der Waals surface area contributed by atoms with E-state index in [0.717, 1.165) is 50.6 Å². The monoisotopic (exact) mass is 304 g/mol. The molecule has 0 unspecified atom stereocenters. The van der Waals surface area contributed by atoms with E-state index in [-0.39, 0.29) is 0 Å². The molecule has 4 rings (SSSR count). The van der Waals surface area contributed by atoms with E-state index >= 15 is 0 Å². The summed E-state index contributed by atoms with van der Waals surface area (Å²) in [6.07, 6.45) is 6.15. The average Bonchev–Trinajstić information content (AvgIpc) is 3.18. The number of morpholine rings is 1. The Kier molecular flexibility index (Phi) is 4.46. The highest BCUT2D eigenvalue weighted by atomic mass is 16.5. The number of ether oxygens (including phenoxy) is 1. The van der Waals surface area contributed by atoms with Crippen molar-refractivity contribution in [2.24, 2.45) is 17.8 Å². The third kappa shape index (κ3) is 3.21. The molecule has 0 amide bonds. The van der Waals surface area contributed by atoms with E-state index in [4.69, 9.17) is 4.74 Å². The van der Waals surface area contributed by atoms with Gasteiger partial charge in [-0.25, -0.2) is 0 Å².